The van der Waals surface area contributed by atoms with Crippen LogP contribution in [-0.4, -0.2) is 9.13 Å². The molecule has 0 amide bonds. The lowest BCUT2D eigenvalue weighted by Gasteiger charge is -2.34. The van der Waals surface area contributed by atoms with Crippen LogP contribution >= 0.6 is 0 Å². The highest BCUT2D eigenvalue weighted by Gasteiger charge is 2.46. The van der Waals surface area contributed by atoms with Gasteiger partial charge >= 0.3 is 0 Å². The quantitative estimate of drug-likeness (QED) is 0.153. The summed E-state index contributed by atoms with van der Waals surface area (Å²) in [7, 11) is 4.44. The molecular weight excluding hydrogens is 809 g/mol. The van der Waals surface area contributed by atoms with Crippen molar-refractivity contribution >= 4 is 65.2 Å². The van der Waals surface area contributed by atoms with Crippen LogP contribution in [0, 0.1) is 0 Å². The summed E-state index contributed by atoms with van der Waals surface area (Å²) in [5.41, 5.74) is 19.6. The molecule has 0 fully saturated rings. The minimum absolute atomic E-state index is 0.518. The zero-order valence-corrected chi connectivity index (χ0v) is 37.3. The van der Waals surface area contributed by atoms with E-state index in [1.807, 2.05) is 0 Å². The maximum absolute atomic E-state index is 2.54. The average molecular weight is 853 g/mol. The van der Waals surface area contributed by atoms with E-state index in [0.717, 1.165) is 0 Å². The van der Waals surface area contributed by atoms with Crippen molar-refractivity contribution in [3.05, 3.63) is 253 Å². The average Bonchev–Trinajstić information content (AvgIpc) is 3.98. The fraction of sp³-hybridized carbons (Fsp3) is 0.0462. The Morgan fingerprint density at radius 2 is 0.701 bits per heavy atom. The Bertz CT molecular complexity index is 3950. The normalized spacial score (nSPS) is 13.0. The van der Waals surface area contributed by atoms with Crippen molar-refractivity contribution in [1.29, 1.82) is 0 Å². The van der Waals surface area contributed by atoms with Crippen LogP contribution in [0.25, 0.3) is 110 Å². The lowest BCUT2D eigenvalue weighted by molar-refractivity contribution is 0.769. The molecule has 314 valence electrons. The second kappa shape index (κ2) is 14.3. The van der Waals surface area contributed by atoms with E-state index in [4.69, 9.17) is 0 Å². The molecule has 0 spiro atoms. The van der Waals surface area contributed by atoms with E-state index >= 15 is 0 Å². The number of aryl methyl sites for hydroxylation is 2. The molecule has 11 aromatic carbocycles. The molecule has 2 aromatic heterocycles. The molecule has 0 saturated carbocycles. The Hall–Kier alpha value is -8.46. The van der Waals surface area contributed by atoms with Crippen molar-refractivity contribution in [3.8, 4) is 44.5 Å². The van der Waals surface area contributed by atoms with Crippen LogP contribution in [-0.2, 0) is 19.5 Å². The molecule has 0 atom stereocenters. The van der Waals surface area contributed by atoms with Gasteiger partial charge in [0.15, 0.2) is 0 Å². The van der Waals surface area contributed by atoms with E-state index in [1.54, 1.807) is 0 Å². The van der Waals surface area contributed by atoms with Crippen molar-refractivity contribution in [2.75, 3.05) is 0 Å². The molecule has 14 rings (SSSR count). The summed E-state index contributed by atoms with van der Waals surface area (Å²) in [6.07, 6.45) is 0. The predicted octanol–water partition coefficient (Wildman–Crippen LogP) is 16.6. The highest BCUT2D eigenvalue weighted by molar-refractivity contribution is 6.23. The highest BCUT2D eigenvalue weighted by Crippen LogP contribution is 2.57. The molecule has 0 N–H and O–H groups in total. The largest absolute Gasteiger partial charge is 0.343 e. The van der Waals surface area contributed by atoms with Gasteiger partial charge in [0.1, 0.15) is 0 Å². The predicted molar refractivity (Wildman–Crippen MR) is 283 cm³/mol. The Morgan fingerprint density at radius 1 is 0.284 bits per heavy atom. The smallest absolute Gasteiger partial charge is 0.0713 e. The fourth-order valence-corrected chi connectivity index (χ4v) is 12.5. The zero-order valence-electron chi connectivity index (χ0n) is 37.3. The molecule has 13 aromatic rings. The molecular formula is C65H44N2. The van der Waals surface area contributed by atoms with E-state index in [1.165, 1.54) is 132 Å². The van der Waals surface area contributed by atoms with Crippen LogP contribution in [0.1, 0.15) is 22.3 Å². The first-order chi connectivity index (χ1) is 33.1. The third-order valence-corrected chi connectivity index (χ3v) is 15.2. The number of fused-ring (bicyclic) bond motifs is 11. The molecule has 1 aliphatic carbocycles. The van der Waals surface area contributed by atoms with Gasteiger partial charge in [-0.25, -0.2) is 0 Å². The van der Waals surface area contributed by atoms with Gasteiger partial charge in [-0.05, 0) is 101 Å². The number of nitrogens with zero attached hydrogens (tertiary/aromatic N) is 2. The summed E-state index contributed by atoms with van der Waals surface area (Å²) in [5, 5.41) is 10.0. The third-order valence-electron chi connectivity index (χ3n) is 15.2. The second-order valence-electron chi connectivity index (χ2n) is 18.4. The van der Waals surface area contributed by atoms with Crippen molar-refractivity contribution in [3.63, 3.8) is 0 Å². The summed E-state index contributed by atoms with van der Waals surface area (Å²) in [6, 6.07) is 86.4. The number of hydrogen-bond acceptors (Lipinski definition) is 0. The van der Waals surface area contributed by atoms with Gasteiger partial charge in [0.05, 0.1) is 16.4 Å². The van der Waals surface area contributed by atoms with E-state index in [-0.39, 0.29) is 0 Å². The van der Waals surface area contributed by atoms with Gasteiger partial charge in [0, 0.05) is 57.8 Å². The molecule has 0 bridgehead atoms. The van der Waals surface area contributed by atoms with Gasteiger partial charge < -0.3 is 9.13 Å². The second-order valence-corrected chi connectivity index (χ2v) is 18.4. The zero-order chi connectivity index (χ0) is 44.4. The van der Waals surface area contributed by atoms with E-state index < -0.39 is 5.41 Å². The van der Waals surface area contributed by atoms with Crippen LogP contribution in [0.4, 0.5) is 0 Å². The van der Waals surface area contributed by atoms with Gasteiger partial charge in [0.2, 0.25) is 0 Å². The fourth-order valence-electron chi connectivity index (χ4n) is 12.5. The molecule has 67 heavy (non-hydrogen) atoms. The Balaban J connectivity index is 1.12. The summed E-state index contributed by atoms with van der Waals surface area (Å²) in [4.78, 5) is 0. The summed E-state index contributed by atoms with van der Waals surface area (Å²) < 4.78 is 4.77. The molecule has 2 nitrogen and oxygen atoms in total. The SMILES string of the molecule is Cn1c2ccccc2c2cccc(-c3cccc4c(-c5ccc6c(c5)C(c5ccccc5)(c5ccccc5)c5ccccc5-6)c5cccc(-c6cccc7c8ccccc8n(C)c67)c5cc34)c21. The number of benzene rings is 11. The first-order valence-corrected chi connectivity index (χ1v) is 23.4. The van der Waals surface area contributed by atoms with Crippen LogP contribution in [0.2, 0.25) is 0 Å². The van der Waals surface area contributed by atoms with E-state index in [2.05, 4.69) is 254 Å². The van der Waals surface area contributed by atoms with E-state index in [0.29, 0.717) is 0 Å². The van der Waals surface area contributed by atoms with Gasteiger partial charge in [0.25, 0.3) is 0 Å². The first-order valence-electron chi connectivity index (χ1n) is 23.4. The Labute approximate surface area is 389 Å². The molecule has 0 radical (unpaired) electrons. The molecule has 1 aliphatic rings. The van der Waals surface area contributed by atoms with Gasteiger partial charge in [-0.1, -0.05) is 206 Å². The molecule has 0 unspecified atom stereocenters. The standard InChI is InChI=1S/C65H44N2/c1-66-60-35-13-10-24-48(60)54-32-17-30-52(63(54)66)44-26-15-28-50-56(44)40-57-45(53-31-18-33-55-49-25-11-14-36-61(49)67(2)64(53)55)27-16-29-51(57)62(50)41-37-38-47-46-23-9-12-34-58(46)65(59(47)39-41,42-19-5-3-6-20-42)43-21-7-4-8-22-43/h3-40H,1-2H3. The van der Waals surface area contributed by atoms with Crippen molar-refractivity contribution in [2.45, 2.75) is 5.41 Å². The monoisotopic (exact) mass is 852 g/mol. The maximum atomic E-state index is 2.54. The molecule has 2 heterocycles. The van der Waals surface area contributed by atoms with Crippen molar-refractivity contribution in [1.82, 2.24) is 9.13 Å². The van der Waals surface area contributed by atoms with Gasteiger partial charge in [-0.3, -0.25) is 0 Å². The topological polar surface area (TPSA) is 9.86 Å². The molecule has 2 heteroatoms. The first kappa shape index (κ1) is 37.9. The van der Waals surface area contributed by atoms with Crippen LogP contribution in [0.3, 0.4) is 0 Å². The van der Waals surface area contributed by atoms with Crippen LogP contribution < -0.4 is 0 Å². The Morgan fingerprint density at radius 3 is 1.25 bits per heavy atom. The number of para-hydroxylation sites is 4. The molecule has 0 aliphatic heterocycles. The summed E-state index contributed by atoms with van der Waals surface area (Å²) in [5.74, 6) is 0. The van der Waals surface area contributed by atoms with Crippen LogP contribution in [0.5, 0.6) is 0 Å². The van der Waals surface area contributed by atoms with E-state index in [9.17, 15) is 0 Å². The lowest BCUT2D eigenvalue weighted by atomic mass is 9.67. The summed E-state index contributed by atoms with van der Waals surface area (Å²) in [6.45, 7) is 0. The van der Waals surface area contributed by atoms with Gasteiger partial charge in [-0.15, -0.1) is 0 Å². The number of hydrogen-bond donors (Lipinski definition) is 0. The number of aromatic nitrogens is 2. The highest BCUT2D eigenvalue weighted by atomic mass is 14.9. The minimum atomic E-state index is -0.518. The maximum Gasteiger partial charge on any atom is 0.0713 e. The lowest BCUT2D eigenvalue weighted by Crippen LogP contribution is -2.28. The third kappa shape index (κ3) is 5.16. The summed E-state index contributed by atoms with van der Waals surface area (Å²) >= 11 is 0. The van der Waals surface area contributed by atoms with Crippen LogP contribution in [0.15, 0.2) is 231 Å². The van der Waals surface area contributed by atoms with Crippen molar-refractivity contribution in [2.24, 2.45) is 14.1 Å². The minimum Gasteiger partial charge on any atom is -0.343 e. The Kier molecular flexibility index (Phi) is 8.06. The molecule has 0 saturated heterocycles. The van der Waals surface area contributed by atoms with Gasteiger partial charge in [-0.2, -0.15) is 0 Å². The number of rotatable bonds is 5. The van der Waals surface area contributed by atoms with Crippen molar-refractivity contribution < 1.29 is 0 Å².